The smallest absolute Gasteiger partial charge is 0.230 e. The molecule has 1 aromatic heterocycles. The summed E-state index contributed by atoms with van der Waals surface area (Å²) in [4.78, 5) is 12.0. The molecule has 0 saturated heterocycles. The number of hydrogen-bond acceptors (Lipinski definition) is 6. The molecule has 140 valence electrons. The Hall–Kier alpha value is -1.57. The van der Waals surface area contributed by atoms with E-state index in [0.717, 1.165) is 27.3 Å². The molecule has 4 rings (SSSR count). The Morgan fingerprint density at radius 3 is 2.63 bits per heavy atom. The van der Waals surface area contributed by atoms with Gasteiger partial charge in [0.05, 0.1) is 5.75 Å². The monoisotopic (exact) mass is 415 g/mol. The number of thioether (sulfide) groups is 2. The number of carbonyl (C=O) groups excluding carboxylic acids is 1. The van der Waals surface area contributed by atoms with Crippen LogP contribution < -0.4 is 5.32 Å². The van der Waals surface area contributed by atoms with Gasteiger partial charge < -0.3 is 5.32 Å². The van der Waals surface area contributed by atoms with Crippen molar-refractivity contribution in [3.05, 3.63) is 48.0 Å². The molecule has 1 aliphatic rings. The lowest BCUT2D eigenvalue weighted by Crippen LogP contribution is -2.33. The van der Waals surface area contributed by atoms with Crippen LogP contribution in [0.3, 0.4) is 0 Å². The molecular formula is C20H21N3OS3. The summed E-state index contributed by atoms with van der Waals surface area (Å²) in [5, 5.41) is 14.2. The zero-order valence-electron chi connectivity index (χ0n) is 14.9. The SMILES string of the molecule is O=C(CSc1nnc(SCc2cccc3ccccc23)s1)NC1CCCC1. The third-order valence-corrected chi connectivity index (χ3v) is 7.90. The minimum absolute atomic E-state index is 0.104. The number of aromatic nitrogens is 2. The quantitative estimate of drug-likeness (QED) is 0.542. The van der Waals surface area contributed by atoms with Crippen LogP contribution in [0.15, 0.2) is 51.1 Å². The van der Waals surface area contributed by atoms with Crippen molar-refractivity contribution < 1.29 is 4.79 Å². The van der Waals surface area contributed by atoms with Crippen molar-refractivity contribution in [3.8, 4) is 0 Å². The van der Waals surface area contributed by atoms with E-state index in [1.165, 1.54) is 40.9 Å². The molecule has 0 unspecified atom stereocenters. The second-order valence-electron chi connectivity index (χ2n) is 6.60. The van der Waals surface area contributed by atoms with Gasteiger partial charge in [-0.15, -0.1) is 10.2 Å². The maximum Gasteiger partial charge on any atom is 0.230 e. The van der Waals surface area contributed by atoms with Crippen LogP contribution in [0.1, 0.15) is 31.2 Å². The zero-order chi connectivity index (χ0) is 18.5. The number of amides is 1. The standard InChI is InChI=1S/C20H21N3OS3/c24-18(21-16-9-2-3-10-16)13-26-20-23-22-19(27-20)25-12-15-8-5-7-14-6-1-4-11-17(14)15/h1,4-8,11,16H,2-3,9-10,12-13H2,(H,21,24). The maximum absolute atomic E-state index is 12.0. The first-order valence-electron chi connectivity index (χ1n) is 9.13. The molecule has 1 fully saturated rings. The molecule has 1 saturated carbocycles. The van der Waals surface area contributed by atoms with Crippen LogP contribution >= 0.6 is 34.9 Å². The highest BCUT2D eigenvalue weighted by Gasteiger charge is 2.17. The number of nitrogens with one attached hydrogen (secondary N) is 1. The Bertz CT molecular complexity index is 916. The van der Waals surface area contributed by atoms with Crippen molar-refractivity contribution in [2.75, 3.05) is 5.75 Å². The molecular weight excluding hydrogens is 394 g/mol. The highest BCUT2D eigenvalue weighted by molar-refractivity contribution is 8.03. The second-order valence-corrected chi connectivity index (χ2v) is 10.0. The van der Waals surface area contributed by atoms with Gasteiger partial charge in [0.15, 0.2) is 8.68 Å². The minimum atomic E-state index is 0.104. The van der Waals surface area contributed by atoms with Crippen molar-refractivity contribution >= 4 is 51.5 Å². The topological polar surface area (TPSA) is 54.9 Å². The van der Waals surface area contributed by atoms with Gasteiger partial charge in [0.1, 0.15) is 0 Å². The summed E-state index contributed by atoms with van der Waals surface area (Å²) in [6, 6.07) is 15.2. The van der Waals surface area contributed by atoms with E-state index in [9.17, 15) is 4.79 Å². The van der Waals surface area contributed by atoms with Gasteiger partial charge in [-0.05, 0) is 29.2 Å². The maximum atomic E-state index is 12.0. The average Bonchev–Trinajstić information content (AvgIpc) is 3.36. The van der Waals surface area contributed by atoms with Gasteiger partial charge in [-0.2, -0.15) is 0 Å². The van der Waals surface area contributed by atoms with Crippen molar-refractivity contribution in [1.82, 2.24) is 15.5 Å². The summed E-state index contributed by atoms with van der Waals surface area (Å²) in [6.45, 7) is 0. The molecule has 1 heterocycles. The fourth-order valence-corrected chi connectivity index (χ4v) is 6.17. The Morgan fingerprint density at radius 1 is 1.04 bits per heavy atom. The fourth-order valence-electron chi connectivity index (χ4n) is 3.34. The predicted octanol–water partition coefficient (Wildman–Crippen LogP) is 5.13. The third kappa shape index (κ3) is 5.03. The van der Waals surface area contributed by atoms with Crippen LogP contribution in [0, 0.1) is 0 Å². The number of rotatable bonds is 7. The molecule has 1 aliphatic carbocycles. The predicted molar refractivity (Wildman–Crippen MR) is 115 cm³/mol. The number of fused-ring (bicyclic) bond motifs is 1. The largest absolute Gasteiger partial charge is 0.353 e. The lowest BCUT2D eigenvalue weighted by atomic mass is 10.1. The first-order valence-corrected chi connectivity index (χ1v) is 11.9. The van der Waals surface area contributed by atoms with E-state index in [1.807, 2.05) is 0 Å². The highest BCUT2D eigenvalue weighted by Crippen LogP contribution is 2.32. The number of carbonyl (C=O) groups is 1. The van der Waals surface area contributed by atoms with E-state index in [0.29, 0.717) is 11.8 Å². The Morgan fingerprint density at radius 2 is 1.78 bits per heavy atom. The molecule has 2 aromatic carbocycles. The normalized spacial score (nSPS) is 14.7. The van der Waals surface area contributed by atoms with Gasteiger partial charge in [0.25, 0.3) is 0 Å². The van der Waals surface area contributed by atoms with E-state index in [-0.39, 0.29) is 5.91 Å². The lowest BCUT2D eigenvalue weighted by Gasteiger charge is -2.10. The van der Waals surface area contributed by atoms with Gasteiger partial charge >= 0.3 is 0 Å². The Labute approximate surface area is 171 Å². The van der Waals surface area contributed by atoms with E-state index in [2.05, 4.69) is 58.0 Å². The van der Waals surface area contributed by atoms with Gasteiger partial charge in [0.2, 0.25) is 5.91 Å². The van der Waals surface area contributed by atoms with Crippen LogP contribution in [-0.2, 0) is 10.5 Å². The lowest BCUT2D eigenvalue weighted by molar-refractivity contribution is -0.119. The van der Waals surface area contributed by atoms with Crippen LogP contribution in [-0.4, -0.2) is 27.9 Å². The molecule has 27 heavy (non-hydrogen) atoms. The van der Waals surface area contributed by atoms with Crippen LogP contribution in [0.4, 0.5) is 0 Å². The molecule has 7 heteroatoms. The van der Waals surface area contributed by atoms with E-state index < -0.39 is 0 Å². The molecule has 1 N–H and O–H groups in total. The van der Waals surface area contributed by atoms with Crippen LogP contribution in [0.25, 0.3) is 10.8 Å². The van der Waals surface area contributed by atoms with Gasteiger partial charge in [-0.1, -0.05) is 90.2 Å². The summed E-state index contributed by atoms with van der Waals surface area (Å²) >= 11 is 4.74. The molecule has 0 atom stereocenters. The van der Waals surface area contributed by atoms with Crippen LogP contribution in [0.2, 0.25) is 0 Å². The Kier molecular flexibility index (Phi) is 6.32. The fraction of sp³-hybridized carbons (Fsp3) is 0.350. The highest BCUT2D eigenvalue weighted by atomic mass is 32.2. The van der Waals surface area contributed by atoms with Crippen molar-refractivity contribution in [2.24, 2.45) is 0 Å². The number of hydrogen-bond donors (Lipinski definition) is 1. The average molecular weight is 416 g/mol. The third-order valence-electron chi connectivity index (χ3n) is 4.67. The second kappa shape index (κ2) is 9.08. The summed E-state index contributed by atoms with van der Waals surface area (Å²) in [5.74, 6) is 1.38. The summed E-state index contributed by atoms with van der Waals surface area (Å²) in [6.07, 6.45) is 4.69. The van der Waals surface area contributed by atoms with Gasteiger partial charge in [0, 0.05) is 11.8 Å². The summed E-state index contributed by atoms with van der Waals surface area (Å²) < 4.78 is 1.80. The minimum Gasteiger partial charge on any atom is -0.353 e. The van der Waals surface area contributed by atoms with E-state index in [4.69, 9.17) is 0 Å². The zero-order valence-corrected chi connectivity index (χ0v) is 17.3. The number of benzene rings is 2. The molecule has 4 nitrogen and oxygen atoms in total. The summed E-state index contributed by atoms with van der Waals surface area (Å²) in [5.41, 5.74) is 1.30. The molecule has 0 aliphatic heterocycles. The van der Waals surface area contributed by atoms with Crippen molar-refractivity contribution in [2.45, 2.75) is 46.2 Å². The first-order chi connectivity index (χ1) is 13.3. The van der Waals surface area contributed by atoms with E-state index >= 15 is 0 Å². The Balaban J connectivity index is 1.29. The van der Waals surface area contributed by atoms with Crippen molar-refractivity contribution in [1.29, 1.82) is 0 Å². The molecule has 1 amide bonds. The van der Waals surface area contributed by atoms with E-state index in [1.54, 1.807) is 23.1 Å². The van der Waals surface area contributed by atoms with Crippen LogP contribution in [0.5, 0.6) is 0 Å². The molecule has 3 aromatic rings. The number of nitrogens with zero attached hydrogens (tertiary/aromatic N) is 2. The first kappa shape index (κ1) is 18.8. The van der Waals surface area contributed by atoms with Crippen molar-refractivity contribution in [3.63, 3.8) is 0 Å². The van der Waals surface area contributed by atoms with Gasteiger partial charge in [-0.25, -0.2) is 0 Å². The molecule has 0 spiro atoms. The van der Waals surface area contributed by atoms with Gasteiger partial charge in [-0.3, -0.25) is 4.79 Å². The molecule has 0 bridgehead atoms. The molecule has 0 radical (unpaired) electrons. The summed E-state index contributed by atoms with van der Waals surface area (Å²) in [7, 11) is 0.